The van der Waals surface area contributed by atoms with Crippen molar-refractivity contribution in [3.8, 4) is 0 Å². The molecule has 0 atom stereocenters. The average molecular weight is 259 g/mol. The SMILES string of the molecule is C=C(Cc1ccc(Cl)cc1)Nc1ccccc1N. The van der Waals surface area contributed by atoms with Crippen LogP contribution in [0.2, 0.25) is 5.02 Å². The van der Waals surface area contributed by atoms with Crippen molar-refractivity contribution in [3.05, 3.63) is 71.4 Å². The summed E-state index contributed by atoms with van der Waals surface area (Å²) in [5, 5.41) is 3.96. The number of nitrogen functional groups attached to an aromatic ring is 1. The van der Waals surface area contributed by atoms with E-state index in [2.05, 4.69) is 11.9 Å². The average Bonchev–Trinajstić information content (AvgIpc) is 2.35. The molecule has 0 heterocycles. The highest BCUT2D eigenvalue weighted by Crippen LogP contribution is 2.20. The molecule has 0 aromatic heterocycles. The quantitative estimate of drug-likeness (QED) is 0.811. The lowest BCUT2D eigenvalue weighted by Gasteiger charge is -2.11. The van der Waals surface area contributed by atoms with Crippen molar-refractivity contribution in [1.29, 1.82) is 0 Å². The standard InChI is InChI=1S/C15H15ClN2/c1-11(10-12-6-8-13(16)9-7-12)18-15-5-3-2-4-14(15)17/h2-9,18H,1,10,17H2. The molecular weight excluding hydrogens is 244 g/mol. The monoisotopic (exact) mass is 258 g/mol. The van der Waals surface area contributed by atoms with Crippen molar-refractivity contribution in [3.63, 3.8) is 0 Å². The van der Waals surface area contributed by atoms with Gasteiger partial charge in [-0.05, 0) is 29.8 Å². The van der Waals surface area contributed by atoms with E-state index in [1.807, 2.05) is 48.5 Å². The lowest BCUT2D eigenvalue weighted by atomic mass is 10.1. The summed E-state index contributed by atoms with van der Waals surface area (Å²) in [6, 6.07) is 15.4. The fourth-order valence-electron chi connectivity index (χ4n) is 1.69. The smallest absolute Gasteiger partial charge is 0.0615 e. The minimum atomic E-state index is 0.717. The van der Waals surface area contributed by atoms with Crippen molar-refractivity contribution in [2.75, 3.05) is 11.1 Å². The van der Waals surface area contributed by atoms with Crippen LogP contribution in [0.4, 0.5) is 11.4 Å². The second-order valence-electron chi connectivity index (χ2n) is 4.12. The maximum absolute atomic E-state index is 5.86. The lowest BCUT2D eigenvalue weighted by molar-refractivity contribution is 1.16. The molecule has 0 bridgehead atoms. The summed E-state index contributed by atoms with van der Waals surface area (Å²) in [7, 11) is 0. The summed E-state index contributed by atoms with van der Waals surface area (Å²) in [5.41, 5.74) is 9.52. The van der Waals surface area contributed by atoms with E-state index in [1.165, 1.54) is 0 Å². The predicted molar refractivity (Wildman–Crippen MR) is 78.8 cm³/mol. The number of anilines is 2. The first-order valence-electron chi connectivity index (χ1n) is 5.69. The van der Waals surface area contributed by atoms with E-state index in [0.29, 0.717) is 0 Å². The molecule has 0 aliphatic carbocycles. The van der Waals surface area contributed by atoms with E-state index in [0.717, 1.165) is 34.1 Å². The van der Waals surface area contributed by atoms with Gasteiger partial charge in [0.05, 0.1) is 11.4 Å². The molecule has 0 aliphatic rings. The molecule has 2 aromatic carbocycles. The number of allylic oxidation sites excluding steroid dienone is 1. The van der Waals surface area contributed by atoms with Gasteiger partial charge in [0.2, 0.25) is 0 Å². The van der Waals surface area contributed by atoms with Crippen molar-refractivity contribution < 1.29 is 0 Å². The highest BCUT2D eigenvalue weighted by Gasteiger charge is 2.01. The van der Waals surface area contributed by atoms with Crippen LogP contribution in [-0.2, 0) is 6.42 Å². The van der Waals surface area contributed by atoms with Crippen LogP contribution >= 0.6 is 11.6 Å². The number of halogens is 1. The van der Waals surface area contributed by atoms with Crippen molar-refractivity contribution >= 4 is 23.0 Å². The van der Waals surface area contributed by atoms with E-state index in [4.69, 9.17) is 17.3 Å². The van der Waals surface area contributed by atoms with E-state index in [-0.39, 0.29) is 0 Å². The molecule has 0 saturated heterocycles. The van der Waals surface area contributed by atoms with Gasteiger partial charge >= 0.3 is 0 Å². The maximum atomic E-state index is 5.86. The first-order chi connectivity index (χ1) is 8.65. The van der Waals surface area contributed by atoms with Gasteiger partial charge in [-0.3, -0.25) is 0 Å². The molecule has 0 unspecified atom stereocenters. The highest BCUT2D eigenvalue weighted by atomic mass is 35.5. The summed E-state index contributed by atoms with van der Waals surface area (Å²) in [6.07, 6.45) is 0.742. The minimum absolute atomic E-state index is 0.717. The normalized spacial score (nSPS) is 10.1. The van der Waals surface area contributed by atoms with Crippen LogP contribution in [0.3, 0.4) is 0 Å². The molecule has 0 fully saturated rings. The zero-order chi connectivity index (χ0) is 13.0. The van der Waals surface area contributed by atoms with E-state index >= 15 is 0 Å². The molecule has 0 radical (unpaired) electrons. The van der Waals surface area contributed by atoms with Gasteiger partial charge in [-0.2, -0.15) is 0 Å². The third-order valence-electron chi connectivity index (χ3n) is 2.60. The first kappa shape index (κ1) is 12.5. The molecule has 2 rings (SSSR count). The predicted octanol–water partition coefficient (Wildman–Crippen LogP) is 4.09. The molecule has 0 aliphatic heterocycles. The zero-order valence-corrected chi connectivity index (χ0v) is 10.7. The number of para-hydroxylation sites is 2. The fourth-order valence-corrected chi connectivity index (χ4v) is 1.82. The second kappa shape index (κ2) is 5.61. The van der Waals surface area contributed by atoms with Crippen LogP contribution in [0.5, 0.6) is 0 Å². The van der Waals surface area contributed by atoms with Gasteiger partial charge in [0, 0.05) is 17.1 Å². The number of nitrogens with two attached hydrogens (primary N) is 1. The van der Waals surface area contributed by atoms with E-state index in [1.54, 1.807) is 0 Å². The molecule has 0 spiro atoms. The molecular formula is C15H15ClN2. The van der Waals surface area contributed by atoms with Crippen LogP contribution in [-0.4, -0.2) is 0 Å². The maximum Gasteiger partial charge on any atom is 0.0615 e. The molecule has 0 amide bonds. The topological polar surface area (TPSA) is 38.0 Å². The molecule has 3 N–H and O–H groups in total. The van der Waals surface area contributed by atoms with Gasteiger partial charge in [-0.1, -0.05) is 42.4 Å². The molecule has 18 heavy (non-hydrogen) atoms. The summed E-state index contributed by atoms with van der Waals surface area (Å²) < 4.78 is 0. The molecule has 3 heteroatoms. The third-order valence-corrected chi connectivity index (χ3v) is 2.85. The van der Waals surface area contributed by atoms with Gasteiger partial charge < -0.3 is 11.1 Å². The van der Waals surface area contributed by atoms with Crippen LogP contribution < -0.4 is 11.1 Å². The summed E-state index contributed by atoms with van der Waals surface area (Å²) in [6.45, 7) is 4.01. The van der Waals surface area contributed by atoms with Gasteiger partial charge in [-0.25, -0.2) is 0 Å². The minimum Gasteiger partial charge on any atom is -0.397 e. The zero-order valence-electron chi connectivity index (χ0n) is 9.99. The molecule has 2 aromatic rings. The Morgan fingerprint density at radius 2 is 1.78 bits per heavy atom. The number of benzene rings is 2. The second-order valence-corrected chi connectivity index (χ2v) is 4.56. The van der Waals surface area contributed by atoms with Crippen LogP contribution in [0.25, 0.3) is 0 Å². The van der Waals surface area contributed by atoms with Gasteiger partial charge in [0.15, 0.2) is 0 Å². The van der Waals surface area contributed by atoms with Crippen molar-refractivity contribution in [1.82, 2.24) is 0 Å². The summed E-state index contributed by atoms with van der Waals surface area (Å²) >= 11 is 5.84. The Kier molecular flexibility index (Phi) is 3.90. The Morgan fingerprint density at radius 3 is 2.44 bits per heavy atom. The first-order valence-corrected chi connectivity index (χ1v) is 6.06. The van der Waals surface area contributed by atoms with Crippen molar-refractivity contribution in [2.24, 2.45) is 0 Å². The van der Waals surface area contributed by atoms with Crippen molar-refractivity contribution in [2.45, 2.75) is 6.42 Å². The Morgan fingerprint density at radius 1 is 1.11 bits per heavy atom. The Balaban J connectivity index is 2.01. The number of hydrogen-bond donors (Lipinski definition) is 2. The highest BCUT2D eigenvalue weighted by molar-refractivity contribution is 6.30. The molecule has 2 nitrogen and oxygen atoms in total. The van der Waals surface area contributed by atoms with Gasteiger partial charge in [-0.15, -0.1) is 0 Å². The van der Waals surface area contributed by atoms with Crippen LogP contribution in [0.15, 0.2) is 60.8 Å². The largest absolute Gasteiger partial charge is 0.397 e. The van der Waals surface area contributed by atoms with Crippen LogP contribution in [0, 0.1) is 0 Å². The van der Waals surface area contributed by atoms with Gasteiger partial charge in [0.1, 0.15) is 0 Å². The van der Waals surface area contributed by atoms with Crippen LogP contribution in [0.1, 0.15) is 5.56 Å². The van der Waals surface area contributed by atoms with E-state index in [9.17, 15) is 0 Å². The Hall–Kier alpha value is -1.93. The molecule has 0 saturated carbocycles. The summed E-state index contributed by atoms with van der Waals surface area (Å²) in [4.78, 5) is 0. The lowest BCUT2D eigenvalue weighted by Crippen LogP contribution is -2.03. The number of hydrogen-bond acceptors (Lipinski definition) is 2. The molecule has 92 valence electrons. The summed E-state index contributed by atoms with van der Waals surface area (Å²) in [5.74, 6) is 0. The van der Waals surface area contributed by atoms with E-state index < -0.39 is 0 Å². The Labute approximate surface area is 112 Å². The fraction of sp³-hybridized carbons (Fsp3) is 0.0667. The Bertz CT molecular complexity index is 547. The number of nitrogens with one attached hydrogen (secondary N) is 1. The number of rotatable bonds is 4. The van der Waals surface area contributed by atoms with Gasteiger partial charge in [0.25, 0.3) is 0 Å². The third kappa shape index (κ3) is 3.28.